The van der Waals surface area contributed by atoms with Crippen molar-refractivity contribution in [1.82, 2.24) is 24.7 Å². The van der Waals surface area contributed by atoms with E-state index in [4.69, 9.17) is 4.98 Å². The minimum atomic E-state index is 0.407. The Morgan fingerprint density at radius 2 is 2.22 bits per heavy atom. The normalized spacial score (nSPS) is 21.7. The molecule has 0 saturated carbocycles. The van der Waals surface area contributed by atoms with Crippen LogP contribution >= 0.6 is 11.3 Å². The van der Waals surface area contributed by atoms with Crippen LogP contribution in [0.15, 0.2) is 24.8 Å². The smallest absolute Gasteiger partial charge is 0.194 e. The lowest BCUT2D eigenvalue weighted by molar-refractivity contribution is 0.398. The third kappa shape index (κ3) is 2.94. The second kappa shape index (κ2) is 5.90. The number of piperidine rings is 1. The van der Waals surface area contributed by atoms with Crippen molar-refractivity contribution >= 4 is 22.1 Å². The van der Waals surface area contributed by atoms with Crippen molar-refractivity contribution in [2.24, 2.45) is 0 Å². The molecule has 4 rings (SSSR count). The zero-order valence-corrected chi connectivity index (χ0v) is 14.1. The van der Waals surface area contributed by atoms with Gasteiger partial charge < -0.3 is 10.6 Å². The summed E-state index contributed by atoms with van der Waals surface area (Å²) in [6, 6.07) is 1.01. The first-order valence-electron chi connectivity index (χ1n) is 7.95. The van der Waals surface area contributed by atoms with Gasteiger partial charge in [0, 0.05) is 29.7 Å². The van der Waals surface area contributed by atoms with Gasteiger partial charge in [-0.05, 0) is 26.7 Å². The van der Waals surface area contributed by atoms with Crippen LogP contribution < -0.4 is 10.6 Å². The molecule has 2 N–H and O–H groups in total. The first kappa shape index (κ1) is 14.6. The highest BCUT2D eigenvalue weighted by atomic mass is 32.1. The standard InChI is InChI=1S/C16H20N6S/c1-10-3-4-12(5-18-10)20-15-8-17-6-13(21-15)14-7-19-16-22(14)9-11(2)23-16/h6-10,12,18H,3-5H2,1-2H3,(H,20,21)/t10-,12-/m0/s1. The summed E-state index contributed by atoms with van der Waals surface area (Å²) in [5.74, 6) is 0.825. The Labute approximate surface area is 139 Å². The van der Waals surface area contributed by atoms with Crippen LogP contribution in [0.25, 0.3) is 16.3 Å². The third-order valence-electron chi connectivity index (χ3n) is 4.24. The molecule has 0 unspecified atom stereocenters. The number of anilines is 1. The average Bonchev–Trinajstić information content (AvgIpc) is 3.09. The number of hydrogen-bond acceptors (Lipinski definition) is 6. The molecule has 1 fully saturated rings. The van der Waals surface area contributed by atoms with Crippen LogP contribution in [0.5, 0.6) is 0 Å². The fourth-order valence-corrected chi connectivity index (χ4v) is 3.78. The molecule has 1 aliphatic rings. The lowest BCUT2D eigenvalue weighted by atomic mass is 10.0. The Morgan fingerprint density at radius 1 is 1.30 bits per heavy atom. The van der Waals surface area contributed by atoms with Gasteiger partial charge in [-0.3, -0.25) is 9.38 Å². The van der Waals surface area contributed by atoms with Crippen LogP contribution in [0.1, 0.15) is 24.6 Å². The molecule has 23 heavy (non-hydrogen) atoms. The summed E-state index contributed by atoms with van der Waals surface area (Å²) < 4.78 is 2.08. The molecule has 0 radical (unpaired) electrons. The van der Waals surface area contributed by atoms with E-state index in [1.807, 2.05) is 6.20 Å². The van der Waals surface area contributed by atoms with Crippen molar-refractivity contribution in [1.29, 1.82) is 0 Å². The summed E-state index contributed by atoms with van der Waals surface area (Å²) >= 11 is 1.68. The lowest BCUT2D eigenvalue weighted by Crippen LogP contribution is -2.43. The van der Waals surface area contributed by atoms with Gasteiger partial charge in [-0.25, -0.2) is 9.97 Å². The van der Waals surface area contributed by atoms with Gasteiger partial charge >= 0.3 is 0 Å². The number of aryl methyl sites for hydroxylation is 1. The molecule has 0 spiro atoms. The highest BCUT2D eigenvalue weighted by molar-refractivity contribution is 7.17. The molecule has 7 heteroatoms. The topological polar surface area (TPSA) is 67.1 Å². The van der Waals surface area contributed by atoms with E-state index in [9.17, 15) is 0 Å². The summed E-state index contributed by atoms with van der Waals surface area (Å²) in [7, 11) is 0. The predicted molar refractivity (Wildman–Crippen MR) is 92.9 cm³/mol. The Morgan fingerprint density at radius 3 is 3.04 bits per heavy atom. The number of hydrogen-bond donors (Lipinski definition) is 2. The van der Waals surface area contributed by atoms with Crippen molar-refractivity contribution < 1.29 is 0 Å². The Kier molecular flexibility index (Phi) is 3.74. The molecule has 3 aromatic rings. The predicted octanol–water partition coefficient (Wildman–Crippen LogP) is 2.71. The van der Waals surface area contributed by atoms with Gasteiger partial charge in [0.1, 0.15) is 11.5 Å². The van der Waals surface area contributed by atoms with Crippen molar-refractivity contribution in [2.75, 3.05) is 11.9 Å². The molecule has 0 amide bonds. The molecule has 2 atom stereocenters. The number of imidazole rings is 1. The van der Waals surface area contributed by atoms with Crippen LogP contribution in [0.3, 0.4) is 0 Å². The summed E-state index contributed by atoms with van der Waals surface area (Å²) in [6.07, 6.45) is 9.88. The molecule has 6 nitrogen and oxygen atoms in total. The van der Waals surface area contributed by atoms with E-state index in [1.165, 1.54) is 11.3 Å². The SMILES string of the molecule is Cc1cn2c(-c3cncc(N[C@H]4CC[C@H](C)NC4)n3)cnc2s1. The Balaban J connectivity index is 1.58. The zero-order chi connectivity index (χ0) is 15.8. The van der Waals surface area contributed by atoms with Crippen LogP contribution in [-0.4, -0.2) is 38.0 Å². The quantitative estimate of drug-likeness (QED) is 0.774. The summed E-state index contributed by atoms with van der Waals surface area (Å²) in [5.41, 5.74) is 1.83. The monoisotopic (exact) mass is 328 g/mol. The maximum atomic E-state index is 4.73. The van der Waals surface area contributed by atoms with Crippen LogP contribution in [0, 0.1) is 6.92 Å². The van der Waals surface area contributed by atoms with Gasteiger partial charge in [-0.2, -0.15) is 0 Å². The highest BCUT2D eigenvalue weighted by Crippen LogP contribution is 2.24. The zero-order valence-electron chi connectivity index (χ0n) is 13.3. The number of aromatic nitrogens is 4. The van der Waals surface area contributed by atoms with Gasteiger partial charge in [0.05, 0.1) is 24.3 Å². The number of nitrogens with zero attached hydrogens (tertiary/aromatic N) is 4. The van der Waals surface area contributed by atoms with Crippen molar-refractivity contribution in [2.45, 2.75) is 38.8 Å². The average molecular weight is 328 g/mol. The highest BCUT2D eigenvalue weighted by Gasteiger charge is 2.18. The van der Waals surface area contributed by atoms with Crippen LogP contribution in [0.4, 0.5) is 5.82 Å². The number of thiazole rings is 1. The molecule has 0 aliphatic carbocycles. The molecular formula is C16H20N6S. The minimum absolute atomic E-state index is 0.407. The summed E-state index contributed by atoms with van der Waals surface area (Å²) in [6.45, 7) is 5.28. The van der Waals surface area contributed by atoms with Gasteiger partial charge in [-0.15, -0.1) is 11.3 Å². The molecule has 120 valence electrons. The maximum Gasteiger partial charge on any atom is 0.194 e. The summed E-state index contributed by atoms with van der Waals surface area (Å²) in [4.78, 5) is 15.8. The Hall–Kier alpha value is -1.99. The molecular weight excluding hydrogens is 308 g/mol. The summed E-state index contributed by atoms with van der Waals surface area (Å²) in [5, 5.41) is 6.99. The molecule has 3 aromatic heterocycles. The van der Waals surface area contributed by atoms with Crippen molar-refractivity contribution in [3.05, 3.63) is 29.7 Å². The first-order valence-corrected chi connectivity index (χ1v) is 8.76. The van der Waals surface area contributed by atoms with E-state index in [-0.39, 0.29) is 0 Å². The Bertz CT molecular complexity index is 815. The number of fused-ring (bicyclic) bond motifs is 1. The minimum Gasteiger partial charge on any atom is -0.365 e. The fourth-order valence-electron chi connectivity index (χ4n) is 2.98. The van der Waals surface area contributed by atoms with Crippen LogP contribution in [-0.2, 0) is 0 Å². The van der Waals surface area contributed by atoms with E-state index < -0.39 is 0 Å². The van der Waals surface area contributed by atoms with E-state index in [0.29, 0.717) is 12.1 Å². The van der Waals surface area contributed by atoms with Gasteiger partial charge in [0.25, 0.3) is 0 Å². The molecule has 1 aliphatic heterocycles. The van der Waals surface area contributed by atoms with E-state index >= 15 is 0 Å². The molecule has 1 saturated heterocycles. The fraction of sp³-hybridized carbons (Fsp3) is 0.438. The van der Waals surface area contributed by atoms with Crippen molar-refractivity contribution in [3.63, 3.8) is 0 Å². The van der Waals surface area contributed by atoms with Gasteiger partial charge in [-0.1, -0.05) is 0 Å². The van der Waals surface area contributed by atoms with E-state index in [2.05, 4.69) is 45.0 Å². The first-order chi connectivity index (χ1) is 11.2. The molecule has 0 aromatic carbocycles. The number of nitrogens with one attached hydrogen (secondary N) is 2. The largest absolute Gasteiger partial charge is 0.365 e. The number of rotatable bonds is 3. The van der Waals surface area contributed by atoms with Crippen LogP contribution in [0.2, 0.25) is 0 Å². The van der Waals surface area contributed by atoms with Gasteiger partial charge in [0.2, 0.25) is 0 Å². The van der Waals surface area contributed by atoms with Crippen molar-refractivity contribution in [3.8, 4) is 11.4 Å². The molecule has 0 bridgehead atoms. The van der Waals surface area contributed by atoms with E-state index in [0.717, 1.165) is 35.1 Å². The lowest BCUT2D eigenvalue weighted by Gasteiger charge is -2.28. The second-order valence-corrected chi connectivity index (χ2v) is 7.37. The second-order valence-electron chi connectivity index (χ2n) is 6.16. The molecule has 4 heterocycles. The van der Waals surface area contributed by atoms with E-state index in [1.54, 1.807) is 23.7 Å². The maximum absolute atomic E-state index is 4.73. The van der Waals surface area contributed by atoms with Gasteiger partial charge in [0.15, 0.2) is 4.96 Å². The third-order valence-corrected chi connectivity index (χ3v) is 5.15.